The Kier molecular flexibility index (Phi) is 6.31. The Morgan fingerprint density at radius 2 is 1.87 bits per heavy atom. The monoisotopic (exact) mass is 435 g/mol. The van der Waals surface area contributed by atoms with Crippen LogP contribution in [-0.4, -0.2) is 23.4 Å². The molecule has 1 saturated carbocycles. The maximum Gasteiger partial charge on any atom is 0.163 e. The van der Waals surface area contributed by atoms with Gasteiger partial charge >= 0.3 is 0 Å². The molecule has 1 aliphatic carbocycles. The van der Waals surface area contributed by atoms with Crippen LogP contribution in [0.4, 0.5) is 5.69 Å². The summed E-state index contributed by atoms with van der Waals surface area (Å²) < 4.78 is 0. The predicted molar refractivity (Wildman–Crippen MR) is 130 cm³/mol. The molecule has 1 fully saturated rings. The molecule has 162 valence electrons. The van der Waals surface area contributed by atoms with Crippen LogP contribution in [0.2, 0.25) is 5.02 Å². The number of aryl methyl sites for hydroxylation is 1. The largest absolute Gasteiger partial charge is 0.381 e. The van der Waals surface area contributed by atoms with Crippen molar-refractivity contribution in [2.24, 2.45) is 11.7 Å². The number of anilines is 1. The van der Waals surface area contributed by atoms with E-state index in [0.717, 1.165) is 76.1 Å². The maximum atomic E-state index is 12.4. The van der Waals surface area contributed by atoms with E-state index in [1.807, 2.05) is 19.1 Å². The van der Waals surface area contributed by atoms with Crippen LogP contribution in [0.15, 0.2) is 36.5 Å². The first-order chi connectivity index (χ1) is 14.9. The summed E-state index contributed by atoms with van der Waals surface area (Å²) >= 11 is 6.46. The van der Waals surface area contributed by atoms with Gasteiger partial charge in [0.25, 0.3) is 0 Å². The maximum absolute atomic E-state index is 12.4. The van der Waals surface area contributed by atoms with Crippen molar-refractivity contribution in [2.45, 2.75) is 52.5 Å². The van der Waals surface area contributed by atoms with Crippen LogP contribution in [0, 0.1) is 19.8 Å². The number of pyridine rings is 1. The molecule has 3 aromatic rings. The minimum absolute atomic E-state index is 0.0205. The van der Waals surface area contributed by atoms with Crippen molar-refractivity contribution in [1.29, 1.82) is 0 Å². The molecule has 2 aromatic carbocycles. The first-order valence-electron chi connectivity index (χ1n) is 11.0. The Bertz CT molecular complexity index is 1110. The molecule has 0 aliphatic heterocycles. The molecule has 4 rings (SSSR count). The summed E-state index contributed by atoms with van der Waals surface area (Å²) in [5.41, 5.74) is 12.7. The van der Waals surface area contributed by atoms with E-state index in [1.165, 1.54) is 0 Å². The minimum Gasteiger partial charge on any atom is -0.381 e. The van der Waals surface area contributed by atoms with Crippen molar-refractivity contribution < 1.29 is 4.79 Å². The lowest BCUT2D eigenvalue weighted by atomic mass is 9.86. The van der Waals surface area contributed by atoms with Crippen molar-refractivity contribution in [3.8, 4) is 11.1 Å². The quantitative estimate of drug-likeness (QED) is 0.461. The van der Waals surface area contributed by atoms with E-state index in [-0.39, 0.29) is 5.78 Å². The third-order valence-electron chi connectivity index (χ3n) is 6.71. The SMILES string of the molecule is CC(=O)c1cnc2ccc(-c3cc(C)c(C)c(Cl)c3)cc2c1N[C@H]1CC[C@H](CN)CC1. The normalized spacial score (nSPS) is 18.9. The van der Waals surface area contributed by atoms with Gasteiger partial charge in [0, 0.05) is 22.6 Å². The Labute approximate surface area is 189 Å². The van der Waals surface area contributed by atoms with Crippen LogP contribution in [0.5, 0.6) is 0 Å². The Morgan fingerprint density at radius 1 is 1.13 bits per heavy atom. The molecule has 31 heavy (non-hydrogen) atoms. The van der Waals surface area contributed by atoms with Gasteiger partial charge in [0.1, 0.15) is 0 Å². The lowest BCUT2D eigenvalue weighted by Crippen LogP contribution is -2.29. The number of benzene rings is 2. The average molecular weight is 436 g/mol. The smallest absolute Gasteiger partial charge is 0.163 e. The highest BCUT2D eigenvalue weighted by atomic mass is 35.5. The number of nitrogens with two attached hydrogens (primary N) is 1. The second-order valence-corrected chi connectivity index (χ2v) is 9.24. The number of hydrogen-bond acceptors (Lipinski definition) is 4. The molecule has 0 atom stereocenters. The Morgan fingerprint density at radius 3 is 2.52 bits per heavy atom. The van der Waals surface area contributed by atoms with Crippen LogP contribution >= 0.6 is 11.6 Å². The molecule has 0 spiro atoms. The molecule has 0 bridgehead atoms. The fraction of sp³-hybridized carbons (Fsp3) is 0.385. The number of fused-ring (bicyclic) bond motifs is 1. The summed E-state index contributed by atoms with van der Waals surface area (Å²) in [5.74, 6) is 0.632. The lowest BCUT2D eigenvalue weighted by Gasteiger charge is -2.30. The third kappa shape index (κ3) is 4.46. The standard InChI is InChI=1S/C26H30ClN3O/c1-15-10-20(12-24(27)16(15)2)19-6-9-25-22(11-19)26(23(14-29-25)17(3)31)30-21-7-4-18(13-28)5-8-21/h6,9-12,14,18,21H,4-5,7-8,13,28H2,1-3H3,(H,29,30)/t18-,21-. The summed E-state index contributed by atoms with van der Waals surface area (Å²) in [6.07, 6.45) is 6.08. The highest BCUT2D eigenvalue weighted by Gasteiger charge is 2.22. The zero-order valence-corrected chi connectivity index (χ0v) is 19.2. The van der Waals surface area contributed by atoms with Crippen LogP contribution in [-0.2, 0) is 0 Å². The number of halogens is 1. The van der Waals surface area contributed by atoms with E-state index in [9.17, 15) is 4.79 Å². The van der Waals surface area contributed by atoms with Gasteiger partial charge in [-0.25, -0.2) is 0 Å². The number of Topliss-reactive ketones (excluding diaryl/α,β-unsaturated/α-hetero) is 1. The molecule has 1 heterocycles. The van der Waals surface area contributed by atoms with Gasteiger partial charge < -0.3 is 11.1 Å². The van der Waals surface area contributed by atoms with E-state index in [0.29, 0.717) is 17.5 Å². The predicted octanol–water partition coefficient (Wildman–Crippen LogP) is 6.30. The van der Waals surface area contributed by atoms with Gasteiger partial charge in [-0.1, -0.05) is 23.7 Å². The fourth-order valence-corrected chi connectivity index (χ4v) is 4.79. The van der Waals surface area contributed by atoms with E-state index < -0.39 is 0 Å². The van der Waals surface area contributed by atoms with Crippen molar-refractivity contribution in [3.63, 3.8) is 0 Å². The van der Waals surface area contributed by atoms with Gasteiger partial charge in [0.15, 0.2) is 5.78 Å². The highest BCUT2D eigenvalue weighted by Crippen LogP contribution is 2.35. The number of carbonyl (C=O) groups excluding carboxylic acids is 1. The molecular weight excluding hydrogens is 406 g/mol. The number of rotatable bonds is 5. The van der Waals surface area contributed by atoms with Gasteiger partial charge in [-0.3, -0.25) is 9.78 Å². The van der Waals surface area contributed by atoms with Gasteiger partial charge in [-0.05, 0) is 99.4 Å². The van der Waals surface area contributed by atoms with Gasteiger partial charge in [0.05, 0.1) is 16.8 Å². The van der Waals surface area contributed by atoms with E-state index in [4.69, 9.17) is 17.3 Å². The van der Waals surface area contributed by atoms with Crippen LogP contribution in [0.3, 0.4) is 0 Å². The van der Waals surface area contributed by atoms with Gasteiger partial charge in [0.2, 0.25) is 0 Å². The summed E-state index contributed by atoms with van der Waals surface area (Å²) in [4.78, 5) is 17.0. The second kappa shape index (κ2) is 8.97. The van der Waals surface area contributed by atoms with Crippen LogP contribution < -0.4 is 11.1 Å². The first kappa shape index (κ1) is 21.8. The summed E-state index contributed by atoms with van der Waals surface area (Å²) in [5, 5.41) is 5.44. The van der Waals surface area contributed by atoms with E-state index in [2.05, 4.69) is 35.4 Å². The number of aromatic nitrogens is 1. The zero-order valence-electron chi connectivity index (χ0n) is 18.5. The molecule has 0 saturated heterocycles. The topological polar surface area (TPSA) is 68.0 Å². The highest BCUT2D eigenvalue weighted by molar-refractivity contribution is 6.31. The number of hydrogen-bond donors (Lipinski definition) is 2. The van der Waals surface area contributed by atoms with Crippen molar-refractivity contribution in [3.05, 3.63) is 58.2 Å². The Balaban J connectivity index is 1.78. The molecular formula is C26H30ClN3O. The average Bonchev–Trinajstić information content (AvgIpc) is 2.77. The molecule has 3 N–H and O–H groups in total. The van der Waals surface area contributed by atoms with E-state index in [1.54, 1.807) is 13.1 Å². The van der Waals surface area contributed by atoms with Gasteiger partial charge in [-0.2, -0.15) is 0 Å². The molecule has 0 radical (unpaired) electrons. The first-order valence-corrected chi connectivity index (χ1v) is 11.4. The molecule has 0 amide bonds. The molecule has 1 aliphatic rings. The van der Waals surface area contributed by atoms with Crippen molar-refractivity contribution in [1.82, 2.24) is 4.98 Å². The van der Waals surface area contributed by atoms with Crippen LogP contribution in [0.25, 0.3) is 22.0 Å². The molecule has 5 heteroatoms. The van der Waals surface area contributed by atoms with Crippen molar-refractivity contribution >= 4 is 34.0 Å². The van der Waals surface area contributed by atoms with Crippen LogP contribution in [0.1, 0.15) is 54.1 Å². The number of carbonyl (C=O) groups is 1. The lowest BCUT2D eigenvalue weighted by molar-refractivity contribution is 0.101. The zero-order chi connectivity index (χ0) is 22.1. The fourth-order valence-electron chi connectivity index (χ4n) is 4.52. The summed E-state index contributed by atoms with van der Waals surface area (Å²) in [6, 6.07) is 10.7. The molecule has 4 nitrogen and oxygen atoms in total. The minimum atomic E-state index is 0.0205. The summed E-state index contributed by atoms with van der Waals surface area (Å²) in [6.45, 7) is 6.47. The van der Waals surface area contributed by atoms with Crippen molar-refractivity contribution in [2.75, 3.05) is 11.9 Å². The summed E-state index contributed by atoms with van der Waals surface area (Å²) in [7, 11) is 0. The number of nitrogens with one attached hydrogen (secondary N) is 1. The number of nitrogens with zero attached hydrogens (tertiary/aromatic N) is 1. The molecule has 0 unspecified atom stereocenters. The Hall–Kier alpha value is -2.43. The molecule has 1 aromatic heterocycles. The van der Waals surface area contributed by atoms with Gasteiger partial charge in [-0.15, -0.1) is 0 Å². The second-order valence-electron chi connectivity index (χ2n) is 8.83. The third-order valence-corrected chi connectivity index (χ3v) is 7.11. The number of ketones is 1. The van der Waals surface area contributed by atoms with E-state index >= 15 is 0 Å².